The van der Waals surface area contributed by atoms with E-state index in [1.165, 1.54) is 0 Å². The molecule has 2 heterocycles. The van der Waals surface area contributed by atoms with Gasteiger partial charge in [0, 0.05) is 43.0 Å². The van der Waals surface area contributed by atoms with Crippen molar-refractivity contribution >= 4 is 17.5 Å². The van der Waals surface area contributed by atoms with E-state index in [1.807, 2.05) is 72.8 Å². The molecule has 31 heavy (non-hydrogen) atoms. The van der Waals surface area contributed by atoms with Gasteiger partial charge in [-0.2, -0.15) is 5.10 Å². The summed E-state index contributed by atoms with van der Waals surface area (Å²) < 4.78 is 1.87. The Morgan fingerprint density at radius 1 is 1.06 bits per heavy atom. The Bertz CT molecular complexity index is 1130. The zero-order valence-corrected chi connectivity index (χ0v) is 18.3. The van der Waals surface area contributed by atoms with Crippen molar-refractivity contribution in [2.45, 2.75) is 46.7 Å². The highest BCUT2D eigenvalue weighted by molar-refractivity contribution is 6.07. The largest absolute Gasteiger partial charge is 0.352 e. The maximum Gasteiger partial charge on any atom is 0.258 e. The third-order valence-corrected chi connectivity index (χ3v) is 5.69. The van der Waals surface area contributed by atoms with Gasteiger partial charge in [0.2, 0.25) is 5.91 Å². The summed E-state index contributed by atoms with van der Waals surface area (Å²) in [6.45, 7) is 7.68. The molecular formula is C25H28N4O2. The van der Waals surface area contributed by atoms with Crippen LogP contribution in [-0.4, -0.2) is 28.1 Å². The van der Waals surface area contributed by atoms with Crippen LogP contribution >= 0.6 is 0 Å². The van der Waals surface area contributed by atoms with Gasteiger partial charge in [-0.15, -0.1) is 0 Å². The van der Waals surface area contributed by atoms with Crippen molar-refractivity contribution in [3.8, 4) is 0 Å². The number of amides is 2. The van der Waals surface area contributed by atoms with Crippen molar-refractivity contribution in [1.29, 1.82) is 0 Å². The summed E-state index contributed by atoms with van der Waals surface area (Å²) in [5, 5.41) is 7.38. The fourth-order valence-electron chi connectivity index (χ4n) is 4.11. The molecule has 0 saturated carbocycles. The third-order valence-electron chi connectivity index (χ3n) is 5.69. The summed E-state index contributed by atoms with van der Waals surface area (Å²) in [4.78, 5) is 27.0. The van der Waals surface area contributed by atoms with Gasteiger partial charge in [-0.3, -0.25) is 14.3 Å². The van der Waals surface area contributed by atoms with Crippen molar-refractivity contribution in [2.75, 3.05) is 11.4 Å². The van der Waals surface area contributed by atoms with Crippen LogP contribution in [-0.2, 0) is 24.3 Å². The molecule has 1 aliphatic rings. The number of rotatable bonds is 6. The molecule has 1 aromatic heterocycles. The zero-order chi connectivity index (χ0) is 22.0. The summed E-state index contributed by atoms with van der Waals surface area (Å²) in [5.74, 6) is 0.0388. The summed E-state index contributed by atoms with van der Waals surface area (Å²) in [5.41, 5.74) is 6.98. The van der Waals surface area contributed by atoms with Gasteiger partial charge in [-0.05, 0) is 62.6 Å². The average molecular weight is 417 g/mol. The summed E-state index contributed by atoms with van der Waals surface area (Å²) in [6, 6.07) is 15.8. The number of hydrogen-bond donors (Lipinski definition) is 1. The van der Waals surface area contributed by atoms with Crippen LogP contribution < -0.4 is 10.2 Å². The van der Waals surface area contributed by atoms with Crippen molar-refractivity contribution in [3.05, 3.63) is 82.2 Å². The van der Waals surface area contributed by atoms with E-state index < -0.39 is 0 Å². The molecule has 1 N–H and O–H groups in total. The Morgan fingerprint density at radius 3 is 2.65 bits per heavy atom. The van der Waals surface area contributed by atoms with Crippen molar-refractivity contribution in [2.24, 2.45) is 0 Å². The monoisotopic (exact) mass is 416 g/mol. The van der Waals surface area contributed by atoms with Gasteiger partial charge in [0.15, 0.2) is 0 Å². The topological polar surface area (TPSA) is 67.2 Å². The highest BCUT2D eigenvalue weighted by Crippen LogP contribution is 2.30. The predicted molar refractivity (Wildman–Crippen MR) is 121 cm³/mol. The lowest BCUT2D eigenvalue weighted by Gasteiger charge is -2.18. The second kappa shape index (κ2) is 8.76. The lowest BCUT2D eigenvalue weighted by Crippen LogP contribution is -2.28. The molecule has 6 heteroatoms. The molecule has 0 atom stereocenters. The Labute approximate surface area is 182 Å². The van der Waals surface area contributed by atoms with E-state index in [9.17, 15) is 9.59 Å². The van der Waals surface area contributed by atoms with Gasteiger partial charge < -0.3 is 10.2 Å². The zero-order valence-electron chi connectivity index (χ0n) is 18.3. The van der Waals surface area contributed by atoms with Crippen LogP contribution in [0.3, 0.4) is 0 Å². The molecule has 0 aliphatic carbocycles. The number of fused-ring (bicyclic) bond motifs is 1. The Balaban J connectivity index is 1.35. The molecule has 0 spiro atoms. The molecule has 6 nitrogen and oxygen atoms in total. The maximum atomic E-state index is 12.9. The average Bonchev–Trinajstić information content (AvgIpc) is 3.31. The number of nitrogens with one attached hydrogen (secondary N) is 1. The molecule has 2 amide bonds. The van der Waals surface area contributed by atoms with Crippen LogP contribution in [0.2, 0.25) is 0 Å². The van der Waals surface area contributed by atoms with E-state index in [0.29, 0.717) is 31.6 Å². The third kappa shape index (κ3) is 4.68. The van der Waals surface area contributed by atoms with E-state index in [2.05, 4.69) is 16.5 Å². The number of carbonyl (C=O) groups excluding carboxylic acids is 2. The molecule has 0 radical (unpaired) electrons. The second-order valence-corrected chi connectivity index (χ2v) is 8.22. The first-order chi connectivity index (χ1) is 14.9. The lowest BCUT2D eigenvalue weighted by molar-refractivity contribution is -0.121. The number of nitrogens with zero attached hydrogens (tertiary/aromatic N) is 3. The Morgan fingerprint density at radius 2 is 1.90 bits per heavy atom. The smallest absolute Gasteiger partial charge is 0.258 e. The fraction of sp³-hybridized carbons (Fsp3) is 0.320. The minimum Gasteiger partial charge on any atom is -0.352 e. The molecule has 0 unspecified atom stereocenters. The van der Waals surface area contributed by atoms with Crippen LogP contribution in [0.15, 0.2) is 48.5 Å². The second-order valence-electron chi connectivity index (χ2n) is 8.22. The SMILES string of the molecule is Cc1cccc(C(=O)N2CCc3cc(CNC(=O)CCn4nc(C)cc4C)ccc32)c1. The van der Waals surface area contributed by atoms with Crippen LogP contribution in [0.5, 0.6) is 0 Å². The molecule has 4 rings (SSSR count). The first-order valence-electron chi connectivity index (χ1n) is 10.7. The molecule has 0 fully saturated rings. The summed E-state index contributed by atoms with van der Waals surface area (Å²) >= 11 is 0. The maximum absolute atomic E-state index is 12.9. The van der Waals surface area contributed by atoms with Crippen LogP contribution in [0, 0.1) is 20.8 Å². The lowest BCUT2D eigenvalue weighted by atomic mass is 10.1. The van der Waals surface area contributed by atoms with Gasteiger partial charge in [-0.1, -0.05) is 29.8 Å². The number of anilines is 1. The van der Waals surface area contributed by atoms with E-state index in [0.717, 1.165) is 40.2 Å². The van der Waals surface area contributed by atoms with E-state index in [1.54, 1.807) is 0 Å². The quantitative estimate of drug-likeness (QED) is 0.666. The van der Waals surface area contributed by atoms with Crippen LogP contribution in [0.4, 0.5) is 5.69 Å². The molecule has 0 bridgehead atoms. The molecular weight excluding hydrogens is 388 g/mol. The number of aromatic nitrogens is 2. The first-order valence-corrected chi connectivity index (χ1v) is 10.7. The molecule has 3 aromatic rings. The minimum atomic E-state index is 0.00398. The summed E-state index contributed by atoms with van der Waals surface area (Å²) in [6.07, 6.45) is 1.22. The Kier molecular flexibility index (Phi) is 5.89. The summed E-state index contributed by atoms with van der Waals surface area (Å²) in [7, 11) is 0. The highest BCUT2D eigenvalue weighted by atomic mass is 16.2. The first kappa shape index (κ1) is 20.8. The predicted octanol–water partition coefficient (Wildman–Crippen LogP) is 3.72. The van der Waals surface area contributed by atoms with Gasteiger partial charge in [0.25, 0.3) is 5.91 Å². The fourth-order valence-corrected chi connectivity index (χ4v) is 4.11. The number of aryl methyl sites for hydroxylation is 4. The number of hydrogen-bond acceptors (Lipinski definition) is 3. The number of benzene rings is 2. The normalized spacial score (nSPS) is 12.7. The highest BCUT2D eigenvalue weighted by Gasteiger charge is 2.25. The van der Waals surface area contributed by atoms with E-state index in [-0.39, 0.29) is 11.8 Å². The Hall–Kier alpha value is -3.41. The molecule has 0 saturated heterocycles. The van der Waals surface area contributed by atoms with E-state index in [4.69, 9.17) is 0 Å². The van der Waals surface area contributed by atoms with Crippen LogP contribution in [0.25, 0.3) is 0 Å². The van der Waals surface area contributed by atoms with Crippen molar-refractivity contribution in [1.82, 2.24) is 15.1 Å². The molecule has 2 aromatic carbocycles. The van der Waals surface area contributed by atoms with Gasteiger partial charge in [0.1, 0.15) is 0 Å². The molecule has 160 valence electrons. The van der Waals surface area contributed by atoms with Gasteiger partial charge in [-0.25, -0.2) is 0 Å². The van der Waals surface area contributed by atoms with Crippen molar-refractivity contribution < 1.29 is 9.59 Å². The van der Waals surface area contributed by atoms with Gasteiger partial charge >= 0.3 is 0 Å². The van der Waals surface area contributed by atoms with Crippen molar-refractivity contribution in [3.63, 3.8) is 0 Å². The van der Waals surface area contributed by atoms with E-state index >= 15 is 0 Å². The molecule has 1 aliphatic heterocycles. The number of carbonyl (C=O) groups is 2. The van der Waals surface area contributed by atoms with Gasteiger partial charge in [0.05, 0.1) is 5.69 Å². The standard InChI is InChI=1S/C25H28N4O2/c1-17-5-4-6-22(13-17)25(31)28-11-9-21-15-20(7-8-23(21)28)16-26-24(30)10-12-29-19(3)14-18(2)27-29/h4-8,13-15H,9-12,16H2,1-3H3,(H,26,30). The minimum absolute atomic E-state index is 0.00398. The van der Waals surface area contributed by atoms with Crippen LogP contribution in [0.1, 0.15) is 44.9 Å².